The molecule has 1 heterocycles. The summed E-state index contributed by atoms with van der Waals surface area (Å²) in [5, 5.41) is 0. The summed E-state index contributed by atoms with van der Waals surface area (Å²) >= 11 is 0. The van der Waals surface area contributed by atoms with Crippen molar-refractivity contribution in [3.8, 4) is 0 Å². The second kappa shape index (κ2) is 5.39. The lowest BCUT2D eigenvalue weighted by atomic mass is 10.1. The van der Waals surface area contributed by atoms with Gasteiger partial charge in [0.1, 0.15) is 5.82 Å². The molecule has 0 aliphatic rings. The molecule has 0 spiro atoms. The minimum atomic E-state index is 0.815. The van der Waals surface area contributed by atoms with Crippen LogP contribution in [0.4, 0.5) is 0 Å². The smallest absolute Gasteiger partial charge is 0.125 e. The number of rotatable bonds is 3. The number of nitrogens with zero attached hydrogens (tertiary/aromatic N) is 2. The maximum Gasteiger partial charge on any atom is 0.125 e. The molecule has 0 bridgehead atoms. The van der Waals surface area contributed by atoms with E-state index in [1.165, 1.54) is 11.1 Å². The zero-order valence-electron chi connectivity index (χ0n) is 10.2. The molecule has 2 rings (SSSR count). The largest absolute Gasteiger partial charge is 0.241 e. The van der Waals surface area contributed by atoms with E-state index < -0.39 is 0 Å². The predicted octanol–water partition coefficient (Wildman–Crippen LogP) is 3.52. The maximum absolute atomic E-state index is 4.46. The molecule has 86 valence electrons. The molecule has 0 aliphatic carbocycles. The van der Waals surface area contributed by atoms with Crippen LogP contribution in [0.3, 0.4) is 0 Å². The van der Waals surface area contributed by atoms with Gasteiger partial charge in [-0.05, 0) is 30.5 Å². The number of aryl methyl sites for hydroxylation is 2. The van der Waals surface area contributed by atoms with Gasteiger partial charge in [-0.15, -0.1) is 0 Å². The van der Waals surface area contributed by atoms with Crippen molar-refractivity contribution in [2.24, 2.45) is 0 Å². The molecule has 0 fully saturated rings. The first kappa shape index (κ1) is 11.5. The van der Waals surface area contributed by atoms with E-state index in [2.05, 4.69) is 41.2 Å². The summed E-state index contributed by atoms with van der Waals surface area (Å²) in [6, 6.07) is 10.2. The summed E-state index contributed by atoms with van der Waals surface area (Å²) in [5.74, 6) is 0.815. The average molecular weight is 224 g/mol. The standard InChI is InChI=1S/C15H16N2/c1-3-14-11-16-12(2)17-15(14)10-9-13-7-5-4-6-8-13/h4-11H,3H2,1-2H3/b10-9+. The van der Waals surface area contributed by atoms with Gasteiger partial charge in [0.05, 0.1) is 5.69 Å². The first-order valence-electron chi connectivity index (χ1n) is 5.85. The lowest BCUT2D eigenvalue weighted by molar-refractivity contribution is 0.978. The Labute approximate surface area is 102 Å². The maximum atomic E-state index is 4.46. The highest BCUT2D eigenvalue weighted by Gasteiger charge is 1.99. The topological polar surface area (TPSA) is 25.8 Å². The average Bonchev–Trinajstić information content (AvgIpc) is 2.38. The zero-order valence-corrected chi connectivity index (χ0v) is 10.2. The van der Waals surface area contributed by atoms with Crippen molar-refractivity contribution < 1.29 is 0 Å². The fraction of sp³-hybridized carbons (Fsp3) is 0.200. The molecule has 0 radical (unpaired) electrons. The molecule has 2 nitrogen and oxygen atoms in total. The van der Waals surface area contributed by atoms with Crippen LogP contribution in [-0.2, 0) is 6.42 Å². The fourth-order valence-corrected chi connectivity index (χ4v) is 1.67. The van der Waals surface area contributed by atoms with E-state index in [4.69, 9.17) is 0 Å². The summed E-state index contributed by atoms with van der Waals surface area (Å²) in [7, 11) is 0. The molecule has 1 aromatic heterocycles. The van der Waals surface area contributed by atoms with Crippen molar-refractivity contribution in [2.75, 3.05) is 0 Å². The van der Waals surface area contributed by atoms with Crippen LogP contribution >= 0.6 is 0 Å². The van der Waals surface area contributed by atoms with Gasteiger partial charge in [0.25, 0.3) is 0 Å². The van der Waals surface area contributed by atoms with Crippen LogP contribution < -0.4 is 0 Å². The lowest BCUT2D eigenvalue weighted by Crippen LogP contribution is -1.96. The summed E-state index contributed by atoms with van der Waals surface area (Å²) < 4.78 is 0. The van der Waals surface area contributed by atoms with Gasteiger partial charge in [0, 0.05) is 6.20 Å². The molecule has 0 amide bonds. The van der Waals surface area contributed by atoms with Crippen LogP contribution in [0.15, 0.2) is 36.5 Å². The van der Waals surface area contributed by atoms with Crippen LogP contribution in [0.1, 0.15) is 29.6 Å². The molecule has 2 aromatic rings. The van der Waals surface area contributed by atoms with Crippen LogP contribution in [-0.4, -0.2) is 9.97 Å². The number of benzene rings is 1. The van der Waals surface area contributed by atoms with Gasteiger partial charge in [0.2, 0.25) is 0 Å². The summed E-state index contributed by atoms with van der Waals surface area (Å²) in [6.07, 6.45) is 7.01. The first-order chi connectivity index (χ1) is 8.29. The van der Waals surface area contributed by atoms with Crippen LogP contribution in [0.2, 0.25) is 0 Å². The Bertz CT molecular complexity index is 516. The van der Waals surface area contributed by atoms with Crippen molar-refractivity contribution in [1.82, 2.24) is 9.97 Å². The molecule has 0 N–H and O–H groups in total. The van der Waals surface area contributed by atoms with Crippen molar-refractivity contribution in [3.05, 3.63) is 59.2 Å². The third kappa shape index (κ3) is 3.00. The van der Waals surface area contributed by atoms with Gasteiger partial charge in [-0.3, -0.25) is 0 Å². The molecular formula is C15H16N2. The summed E-state index contributed by atoms with van der Waals surface area (Å²) in [4.78, 5) is 8.68. The zero-order chi connectivity index (χ0) is 12.1. The molecule has 2 heteroatoms. The number of hydrogen-bond acceptors (Lipinski definition) is 2. The summed E-state index contributed by atoms with van der Waals surface area (Å²) in [6.45, 7) is 4.03. The number of aromatic nitrogens is 2. The minimum Gasteiger partial charge on any atom is -0.241 e. The van der Waals surface area contributed by atoms with E-state index >= 15 is 0 Å². The van der Waals surface area contributed by atoms with Crippen LogP contribution in [0.25, 0.3) is 12.2 Å². The Morgan fingerprint density at radius 3 is 2.59 bits per heavy atom. The lowest BCUT2D eigenvalue weighted by Gasteiger charge is -2.02. The Morgan fingerprint density at radius 1 is 1.12 bits per heavy atom. The third-order valence-electron chi connectivity index (χ3n) is 2.63. The van der Waals surface area contributed by atoms with Gasteiger partial charge < -0.3 is 0 Å². The quantitative estimate of drug-likeness (QED) is 0.797. The summed E-state index contributed by atoms with van der Waals surface area (Å²) in [5.41, 5.74) is 3.39. The second-order valence-electron chi connectivity index (χ2n) is 3.93. The van der Waals surface area contributed by atoms with Gasteiger partial charge in [0.15, 0.2) is 0 Å². The molecule has 0 atom stereocenters. The normalized spacial score (nSPS) is 10.9. The molecule has 0 saturated heterocycles. The SMILES string of the molecule is CCc1cnc(C)nc1/C=C/c1ccccc1. The van der Waals surface area contributed by atoms with E-state index in [9.17, 15) is 0 Å². The van der Waals surface area contributed by atoms with E-state index in [1.54, 1.807) is 0 Å². The van der Waals surface area contributed by atoms with Crippen molar-refractivity contribution in [1.29, 1.82) is 0 Å². The minimum absolute atomic E-state index is 0.815. The monoisotopic (exact) mass is 224 g/mol. The van der Waals surface area contributed by atoms with E-state index in [-0.39, 0.29) is 0 Å². The molecule has 0 saturated carbocycles. The van der Waals surface area contributed by atoms with Gasteiger partial charge in [-0.25, -0.2) is 9.97 Å². The highest BCUT2D eigenvalue weighted by Crippen LogP contribution is 2.11. The number of hydrogen-bond donors (Lipinski definition) is 0. The van der Waals surface area contributed by atoms with Crippen molar-refractivity contribution >= 4 is 12.2 Å². The molecule has 0 unspecified atom stereocenters. The molecule has 17 heavy (non-hydrogen) atoms. The Balaban J connectivity index is 2.29. The van der Waals surface area contributed by atoms with Gasteiger partial charge in [-0.1, -0.05) is 43.3 Å². The van der Waals surface area contributed by atoms with Crippen molar-refractivity contribution in [3.63, 3.8) is 0 Å². The second-order valence-corrected chi connectivity index (χ2v) is 3.93. The molecule has 0 aliphatic heterocycles. The van der Waals surface area contributed by atoms with Gasteiger partial charge in [-0.2, -0.15) is 0 Å². The van der Waals surface area contributed by atoms with Crippen LogP contribution in [0.5, 0.6) is 0 Å². The van der Waals surface area contributed by atoms with Crippen LogP contribution in [0, 0.1) is 6.92 Å². The third-order valence-corrected chi connectivity index (χ3v) is 2.63. The molecular weight excluding hydrogens is 208 g/mol. The van der Waals surface area contributed by atoms with E-state index in [0.29, 0.717) is 0 Å². The first-order valence-corrected chi connectivity index (χ1v) is 5.85. The molecule has 1 aromatic carbocycles. The Kier molecular flexibility index (Phi) is 3.66. The van der Waals surface area contributed by atoms with E-state index in [1.807, 2.05) is 31.3 Å². The van der Waals surface area contributed by atoms with E-state index in [0.717, 1.165) is 17.9 Å². The Hall–Kier alpha value is -1.96. The van der Waals surface area contributed by atoms with Crippen molar-refractivity contribution in [2.45, 2.75) is 20.3 Å². The Morgan fingerprint density at radius 2 is 1.88 bits per heavy atom. The highest BCUT2D eigenvalue weighted by atomic mass is 14.9. The predicted molar refractivity (Wildman–Crippen MR) is 71.5 cm³/mol. The highest BCUT2D eigenvalue weighted by molar-refractivity contribution is 5.69. The fourth-order valence-electron chi connectivity index (χ4n) is 1.67. The van der Waals surface area contributed by atoms with Gasteiger partial charge >= 0.3 is 0 Å².